The Balaban J connectivity index is 2.01. The van der Waals surface area contributed by atoms with Crippen LogP contribution in [0.1, 0.15) is 37.1 Å². The van der Waals surface area contributed by atoms with Crippen molar-refractivity contribution >= 4 is 0 Å². The molecule has 1 aliphatic carbocycles. The van der Waals surface area contributed by atoms with E-state index in [4.69, 9.17) is 0 Å². The molecule has 1 aliphatic heterocycles. The van der Waals surface area contributed by atoms with Crippen molar-refractivity contribution in [1.29, 1.82) is 0 Å². The monoisotopic (exact) mass is 207 g/mol. The van der Waals surface area contributed by atoms with Gasteiger partial charge in [0.25, 0.3) is 5.56 Å². The minimum Gasteiger partial charge on any atom is -0.311 e. The van der Waals surface area contributed by atoms with Gasteiger partial charge in [-0.1, -0.05) is 0 Å². The zero-order chi connectivity index (χ0) is 10.4. The molecule has 0 aromatic carbocycles. The zero-order valence-electron chi connectivity index (χ0n) is 9.05. The lowest BCUT2D eigenvalue weighted by Gasteiger charge is -2.11. The van der Waals surface area contributed by atoms with Gasteiger partial charge in [0.05, 0.1) is 11.7 Å². The molecule has 1 fully saturated rings. The number of aromatic amines is 1. The first-order valence-corrected chi connectivity index (χ1v) is 5.80. The fourth-order valence-electron chi connectivity index (χ4n) is 2.45. The molecule has 4 heteroatoms. The van der Waals surface area contributed by atoms with E-state index in [1.807, 2.05) is 4.68 Å². The zero-order valence-corrected chi connectivity index (χ0v) is 9.05. The quantitative estimate of drug-likeness (QED) is 0.753. The number of fused-ring (bicyclic) bond motifs is 1. The molecule has 1 saturated carbocycles. The van der Waals surface area contributed by atoms with Crippen LogP contribution in [0.2, 0.25) is 0 Å². The highest BCUT2D eigenvalue weighted by molar-refractivity contribution is 5.20. The maximum Gasteiger partial charge on any atom is 0.270 e. The van der Waals surface area contributed by atoms with Crippen molar-refractivity contribution in [3.63, 3.8) is 0 Å². The third-order valence-corrected chi connectivity index (χ3v) is 3.66. The molecule has 0 amide bonds. The summed E-state index contributed by atoms with van der Waals surface area (Å²) in [6, 6.07) is 0.350. The molecule has 1 atom stereocenters. The molecule has 2 N–H and O–H groups in total. The predicted octanol–water partition coefficient (Wildman–Crippen LogP) is 0.793. The van der Waals surface area contributed by atoms with E-state index >= 15 is 0 Å². The highest BCUT2D eigenvalue weighted by atomic mass is 16.1. The average Bonchev–Trinajstić information content (AvgIpc) is 3.04. The van der Waals surface area contributed by atoms with Crippen molar-refractivity contribution in [1.82, 2.24) is 15.1 Å². The second-order valence-electron chi connectivity index (χ2n) is 4.75. The molecular formula is C11H17N3O. The molecule has 0 unspecified atom stereocenters. The Morgan fingerprint density at radius 1 is 1.47 bits per heavy atom. The summed E-state index contributed by atoms with van der Waals surface area (Å²) in [6.45, 7) is 3.89. The number of hydrogen-bond acceptors (Lipinski definition) is 2. The van der Waals surface area contributed by atoms with E-state index < -0.39 is 0 Å². The molecule has 0 bridgehead atoms. The Morgan fingerprint density at radius 2 is 2.27 bits per heavy atom. The number of rotatable bonds is 2. The molecule has 0 spiro atoms. The summed E-state index contributed by atoms with van der Waals surface area (Å²) in [4.78, 5) is 12.1. The summed E-state index contributed by atoms with van der Waals surface area (Å²) < 4.78 is 1.84. The first-order chi connectivity index (χ1) is 7.27. The first-order valence-electron chi connectivity index (χ1n) is 5.80. The maximum atomic E-state index is 12.1. The summed E-state index contributed by atoms with van der Waals surface area (Å²) in [5.74, 6) is 0.718. The molecule has 1 aromatic rings. The first kappa shape index (κ1) is 9.21. The number of hydrogen-bond donors (Lipinski definition) is 2. The van der Waals surface area contributed by atoms with E-state index in [2.05, 4.69) is 17.3 Å². The van der Waals surface area contributed by atoms with Gasteiger partial charge in [-0.3, -0.25) is 9.89 Å². The Hall–Kier alpha value is -1.03. The SMILES string of the molecule is C[C@@H](C1CC1)n1[nH]c2c(c1=O)CCNC2. The van der Waals surface area contributed by atoms with Crippen LogP contribution in [-0.4, -0.2) is 16.3 Å². The van der Waals surface area contributed by atoms with Crippen molar-refractivity contribution < 1.29 is 0 Å². The van der Waals surface area contributed by atoms with Gasteiger partial charge in [0.1, 0.15) is 0 Å². The molecule has 15 heavy (non-hydrogen) atoms. The lowest BCUT2D eigenvalue weighted by Crippen LogP contribution is -2.27. The summed E-state index contributed by atoms with van der Waals surface area (Å²) in [5, 5.41) is 6.55. The second-order valence-corrected chi connectivity index (χ2v) is 4.75. The minimum atomic E-state index is 0.214. The lowest BCUT2D eigenvalue weighted by molar-refractivity contribution is 0.425. The summed E-state index contributed by atoms with van der Waals surface area (Å²) in [5.41, 5.74) is 2.31. The van der Waals surface area contributed by atoms with Gasteiger partial charge < -0.3 is 5.32 Å². The van der Waals surface area contributed by atoms with Gasteiger partial charge in [-0.2, -0.15) is 0 Å². The highest BCUT2D eigenvalue weighted by Crippen LogP contribution is 2.38. The van der Waals surface area contributed by atoms with Crippen molar-refractivity contribution in [2.45, 2.75) is 38.8 Å². The molecule has 82 valence electrons. The van der Waals surface area contributed by atoms with Gasteiger partial charge in [0.15, 0.2) is 0 Å². The molecule has 3 rings (SSSR count). The molecule has 1 aromatic heterocycles. The fourth-order valence-corrected chi connectivity index (χ4v) is 2.45. The summed E-state index contributed by atoms with van der Waals surface area (Å²) >= 11 is 0. The van der Waals surface area contributed by atoms with E-state index in [-0.39, 0.29) is 5.56 Å². The standard InChI is InChI=1S/C11H17N3O/c1-7(8-2-3-8)14-11(15)9-4-5-12-6-10(9)13-14/h7-8,12-13H,2-6H2,1H3/t7-/m0/s1. The van der Waals surface area contributed by atoms with Crippen molar-refractivity contribution in [3.05, 3.63) is 21.6 Å². The second kappa shape index (κ2) is 3.23. The molecule has 2 heterocycles. The van der Waals surface area contributed by atoms with Crippen molar-refractivity contribution in [2.75, 3.05) is 6.54 Å². The predicted molar refractivity (Wildman–Crippen MR) is 57.9 cm³/mol. The highest BCUT2D eigenvalue weighted by Gasteiger charge is 2.31. The number of nitrogens with one attached hydrogen (secondary N) is 2. The van der Waals surface area contributed by atoms with E-state index in [0.717, 1.165) is 36.7 Å². The molecule has 4 nitrogen and oxygen atoms in total. The number of aromatic nitrogens is 2. The normalized spacial score (nSPS) is 22.5. The van der Waals surface area contributed by atoms with Crippen molar-refractivity contribution in [3.8, 4) is 0 Å². The summed E-state index contributed by atoms with van der Waals surface area (Å²) in [7, 11) is 0. The smallest absolute Gasteiger partial charge is 0.270 e. The Kier molecular flexibility index (Phi) is 1.99. The van der Waals surface area contributed by atoms with Crippen LogP contribution >= 0.6 is 0 Å². The van der Waals surface area contributed by atoms with Gasteiger partial charge in [0.2, 0.25) is 0 Å². The van der Waals surface area contributed by atoms with E-state index in [9.17, 15) is 4.79 Å². The van der Waals surface area contributed by atoms with Crippen LogP contribution in [0.3, 0.4) is 0 Å². The van der Waals surface area contributed by atoms with Gasteiger partial charge in [-0.25, -0.2) is 4.68 Å². The Bertz CT molecular complexity index is 428. The summed E-state index contributed by atoms with van der Waals surface area (Å²) in [6.07, 6.45) is 3.42. The van der Waals surface area contributed by atoms with Crippen LogP contribution in [0.5, 0.6) is 0 Å². The van der Waals surface area contributed by atoms with Crippen LogP contribution in [0.4, 0.5) is 0 Å². The third-order valence-electron chi connectivity index (χ3n) is 3.66. The van der Waals surface area contributed by atoms with Gasteiger partial charge in [-0.05, 0) is 38.6 Å². The molecule has 0 radical (unpaired) electrons. The van der Waals surface area contributed by atoms with Crippen LogP contribution in [0.25, 0.3) is 0 Å². The largest absolute Gasteiger partial charge is 0.311 e. The maximum absolute atomic E-state index is 12.1. The Morgan fingerprint density at radius 3 is 2.93 bits per heavy atom. The Labute approximate surface area is 88.7 Å². The van der Waals surface area contributed by atoms with Crippen LogP contribution in [0, 0.1) is 5.92 Å². The number of nitrogens with zero attached hydrogens (tertiary/aromatic N) is 1. The van der Waals surface area contributed by atoms with E-state index in [0.29, 0.717) is 6.04 Å². The van der Waals surface area contributed by atoms with Crippen molar-refractivity contribution in [2.24, 2.45) is 5.92 Å². The van der Waals surface area contributed by atoms with Gasteiger partial charge in [-0.15, -0.1) is 0 Å². The van der Waals surface area contributed by atoms with Crippen LogP contribution < -0.4 is 10.9 Å². The van der Waals surface area contributed by atoms with Crippen LogP contribution in [0.15, 0.2) is 4.79 Å². The fraction of sp³-hybridized carbons (Fsp3) is 0.727. The average molecular weight is 207 g/mol. The van der Waals surface area contributed by atoms with E-state index in [1.165, 1.54) is 12.8 Å². The van der Waals surface area contributed by atoms with Gasteiger partial charge in [0, 0.05) is 12.1 Å². The number of H-pyrrole nitrogens is 1. The van der Waals surface area contributed by atoms with E-state index in [1.54, 1.807) is 0 Å². The lowest BCUT2D eigenvalue weighted by atomic mass is 10.1. The topological polar surface area (TPSA) is 49.8 Å². The molecule has 2 aliphatic rings. The van der Waals surface area contributed by atoms with Gasteiger partial charge >= 0.3 is 0 Å². The molecule has 0 saturated heterocycles. The third kappa shape index (κ3) is 1.44. The molecular weight excluding hydrogens is 190 g/mol. The van der Waals surface area contributed by atoms with Crippen LogP contribution in [-0.2, 0) is 13.0 Å². The minimum absolute atomic E-state index is 0.214.